The maximum Gasteiger partial charge on any atom is 0.318 e. The third-order valence-corrected chi connectivity index (χ3v) is 4.22. The zero-order valence-corrected chi connectivity index (χ0v) is 18.2. The van der Waals surface area contributed by atoms with Crippen LogP contribution in [0.25, 0.3) is 0 Å². The second kappa shape index (κ2) is 9.49. The van der Waals surface area contributed by atoms with Gasteiger partial charge in [-0.05, 0) is 56.7 Å². The van der Waals surface area contributed by atoms with Gasteiger partial charge in [0.25, 0.3) is 0 Å². The molecule has 3 amide bonds. The quantitative estimate of drug-likeness (QED) is 0.730. The highest BCUT2D eigenvalue weighted by Crippen LogP contribution is 2.25. The van der Waals surface area contributed by atoms with Gasteiger partial charge in [-0.15, -0.1) is 0 Å². The lowest BCUT2D eigenvalue weighted by molar-refractivity contribution is -0.115. The number of nitrogens with one attached hydrogen (secondary N) is 2. The molecule has 0 radical (unpaired) electrons. The fraction of sp³-hybridized carbons (Fsp3) is 0.455. The molecule has 29 heavy (non-hydrogen) atoms. The Kier molecular flexibility index (Phi) is 7.31. The monoisotopic (exact) mass is 400 g/mol. The molecule has 0 unspecified atom stereocenters. The van der Waals surface area contributed by atoms with Crippen molar-refractivity contribution in [3.8, 4) is 0 Å². The molecule has 0 aliphatic heterocycles. The molecule has 1 aromatic carbocycles. The van der Waals surface area contributed by atoms with E-state index < -0.39 is 0 Å². The lowest BCUT2D eigenvalue weighted by atomic mass is 10.1. The molecule has 0 atom stereocenters. The van der Waals surface area contributed by atoms with Gasteiger partial charge in [-0.1, -0.05) is 6.92 Å². The Morgan fingerprint density at radius 1 is 1.10 bits per heavy atom. The van der Waals surface area contributed by atoms with Crippen LogP contribution < -0.4 is 15.5 Å². The van der Waals surface area contributed by atoms with Crippen LogP contribution in [0, 0.1) is 0 Å². The minimum atomic E-state index is -0.361. The van der Waals surface area contributed by atoms with Crippen molar-refractivity contribution in [2.45, 2.75) is 52.7 Å². The number of carbonyl (C=O) groups excluding carboxylic acids is 2. The van der Waals surface area contributed by atoms with Crippen molar-refractivity contribution >= 4 is 23.3 Å². The van der Waals surface area contributed by atoms with Crippen LogP contribution in [-0.2, 0) is 17.9 Å². The third-order valence-electron chi connectivity index (χ3n) is 4.22. The number of furan rings is 1. The summed E-state index contributed by atoms with van der Waals surface area (Å²) in [6.45, 7) is 8.36. The standard InChI is InChI=1S/C22H32N4O3/c1-7-20(27)23-17-10-11-19(25(5)6)16(13-17)14-26(15-18-9-8-12-29-18)21(28)24-22(2,3)4/h8-13H,7,14-15H2,1-6H3,(H,23,27)(H,24,28). The first-order valence-electron chi connectivity index (χ1n) is 9.78. The van der Waals surface area contributed by atoms with Crippen LogP contribution in [0.2, 0.25) is 0 Å². The summed E-state index contributed by atoms with van der Waals surface area (Å²) in [6.07, 6.45) is 2.00. The summed E-state index contributed by atoms with van der Waals surface area (Å²) in [5.74, 6) is 0.655. The van der Waals surface area contributed by atoms with E-state index in [0.29, 0.717) is 31.0 Å². The second-order valence-corrected chi connectivity index (χ2v) is 8.26. The highest BCUT2D eigenvalue weighted by Gasteiger charge is 2.22. The zero-order valence-electron chi connectivity index (χ0n) is 18.2. The van der Waals surface area contributed by atoms with Crippen LogP contribution in [0.1, 0.15) is 45.4 Å². The van der Waals surface area contributed by atoms with Crippen LogP contribution in [-0.4, -0.2) is 36.5 Å². The van der Waals surface area contributed by atoms with Crippen molar-refractivity contribution in [1.82, 2.24) is 10.2 Å². The first-order chi connectivity index (χ1) is 13.6. The lowest BCUT2D eigenvalue weighted by Gasteiger charge is -2.29. The van der Waals surface area contributed by atoms with Gasteiger partial charge in [0.1, 0.15) is 5.76 Å². The minimum absolute atomic E-state index is 0.0496. The van der Waals surface area contributed by atoms with E-state index >= 15 is 0 Å². The molecule has 2 N–H and O–H groups in total. The van der Waals surface area contributed by atoms with Gasteiger partial charge in [-0.2, -0.15) is 0 Å². The van der Waals surface area contributed by atoms with E-state index in [9.17, 15) is 9.59 Å². The third kappa shape index (κ3) is 6.85. The van der Waals surface area contributed by atoms with E-state index in [1.165, 1.54) is 0 Å². The Morgan fingerprint density at radius 3 is 2.38 bits per heavy atom. The summed E-state index contributed by atoms with van der Waals surface area (Å²) in [5.41, 5.74) is 2.26. The maximum absolute atomic E-state index is 13.0. The predicted molar refractivity (Wildman–Crippen MR) is 116 cm³/mol. The van der Waals surface area contributed by atoms with Crippen molar-refractivity contribution in [3.63, 3.8) is 0 Å². The maximum atomic E-state index is 13.0. The molecule has 0 bridgehead atoms. The fourth-order valence-electron chi connectivity index (χ4n) is 2.87. The molecule has 0 aliphatic carbocycles. The average molecular weight is 401 g/mol. The van der Waals surface area contributed by atoms with Crippen molar-refractivity contribution in [3.05, 3.63) is 47.9 Å². The molecule has 1 heterocycles. The molecule has 0 saturated carbocycles. The van der Waals surface area contributed by atoms with E-state index in [1.807, 2.05) is 71.0 Å². The van der Waals surface area contributed by atoms with Gasteiger partial charge in [-0.25, -0.2) is 4.79 Å². The Labute approximate surface area is 173 Å². The second-order valence-electron chi connectivity index (χ2n) is 8.26. The largest absolute Gasteiger partial charge is 0.467 e. The van der Waals surface area contributed by atoms with Crippen LogP contribution in [0.3, 0.4) is 0 Å². The first kappa shape index (κ1) is 22.3. The molecule has 158 valence electrons. The van der Waals surface area contributed by atoms with Crippen LogP contribution in [0.15, 0.2) is 41.0 Å². The fourth-order valence-corrected chi connectivity index (χ4v) is 2.87. The van der Waals surface area contributed by atoms with E-state index in [1.54, 1.807) is 17.2 Å². The molecule has 1 aromatic heterocycles. The molecule has 2 rings (SSSR count). The Morgan fingerprint density at radius 2 is 1.83 bits per heavy atom. The van der Waals surface area contributed by atoms with Crippen LogP contribution >= 0.6 is 0 Å². The molecule has 0 spiro atoms. The summed E-state index contributed by atoms with van der Waals surface area (Å²) in [4.78, 5) is 28.5. The van der Waals surface area contributed by atoms with E-state index in [0.717, 1.165) is 11.3 Å². The van der Waals surface area contributed by atoms with Crippen LogP contribution in [0.5, 0.6) is 0 Å². The van der Waals surface area contributed by atoms with Gasteiger partial charge in [0.2, 0.25) is 5.91 Å². The Bertz CT molecular complexity index is 823. The normalized spacial score (nSPS) is 11.1. The number of anilines is 2. The molecule has 7 heteroatoms. The minimum Gasteiger partial charge on any atom is -0.467 e. The topological polar surface area (TPSA) is 77.8 Å². The van der Waals surface area contributed by atoms with E-state index in [2.05, 4.69) is 10.6 Å². The average Bonchev–Trinajstić information content (AvgIpc) is 3.12. The van der Waals surface area contributed by atoms with Crippen molar-refractivity contribution in [2.75, 3.05) is 24.3 Å². The molecule has 0 aliphatic rings. The molecule has 7 nitrogen and oxygen atoms in total. The smallest absolute Gasteiger partial charge is 0.318 e. The number of hydrogen-bond acceptors (Lipinski definition) is 4. The number of hydrogen-bond donors (Lipinski definition) is 2. The molecular weight excluding hydrogens is 368 g/mol. The van der Waals surface area contributed by atoms with Gasteiger partial charge in [0.15, 0.2) is 0 Å². The summed E-state index contributed by atoms with van der Waals surface area (Å²) in [6, 6.07) is 9.22. The SMILES string of the molecule is CCC(=O)Nc1ccc(N(C)C)c(CN(Cc2ccco2)C(=O)NC(C)(C)C)c1. The van der Waals surface area contributed by atoms with E-state index in [4.69, 9.17) is 4.42 Å². The number of carbonyl (C=O) groups is 2. The van der Waals surface area contributed by atoms with Crippen molar-refractivity contribution in [1.29, 1.82) is 0 Å². The Hall–Kier alpha value is -2.96. The predicted octanol–water partition coefficient (Wildman–Crippen LogP) is 4.20. The summed E-state index contributed by atoms with van der Waals surface area (Å²) >= 11 is 0. The van der Waals surface area contributed by atoms with Gasteiger partial charge in [-0.3, -0.25) is 4.79 Å². The Balaban J connectivity index is 2.34. The van der Waals surface area contributed by atoms with Gasteiger partial charge < -0.3 is 24.9 Å². The molecule has 0 fully saturated rings. The van der Waals surface area contributed by atoms with Gasteiger partial charge in [0, 0.05) is 37.4 Å². The van der Waals surface area contributed by atoms with E-state index in [-0.39, 0.29) is 17.5 Å². The molecule has 0 saturated heterocycles. The first-order valence-corrected chi connectivity index (χ1v) is 9.78. The number of nitrogens with zero attached hydrogens (tertiary/aromatic N) is 2. The summed E-state index contributed by atoms with van der Waals surface area (Å²) in [7, 11) is 3.91. The lowest BCUT2D eigenvalue weighted by Crippen LogP contribution is -2.48. The molecular formula is C22H32N4O3. The number of urea groups is 1. The molecule has 2 aromatic rings. The van der Waals surface area contributed by atoms with Gasteiger partial charge >= 0.3 is 6.03 Å². The van der Waals surface area contributed by atoms with Crippen LogP contribution in [0.4, 0.5) is 16.2 Å². The number of rotatable bonds is 7. The van der Waals surface area contributed by atoms with Crippen molar-refractivity contribution in [2.24, 2.45) is 0 Å². The number of amides is 3. The van der Waals surface area contributed by atoms with Crippen molar-refractivity contribution < 1.29 is 14.0 Å². The number of benzene rings is 1. The summed E-state index contributed by atoms with van der Waals surface area (Å²) in [5, 5.41) is 5.91. The highest BCUT2D eigenvalue weighted by molar-refractivity contribution is 5.91. The van der Waals surface area contributed by atoms with Gasteiger partial charge in [0.05, 0.1) is 19.4 Å². The zero-order chi connectivity index (χ0) is 21.6. The highest BCUT2D eigenvalue weighted by atomic mass is 16.3. The summed E-state index contributed by atoms with van der Waals surface area (Å²) < 4.78 is 5.46.